The van der Waals surface area contributed by atoms with Gasteiger partial charge in [-0.3, -0.25) is 4.90 Å². The fourth-order valence-electron chi connectivity index (χ4n) is 2.44. The molecule has 2 N–H and O–H groups in total. The van der Waals surface area contributed by atoms with Crippen LogP contribution in [-0.2, 0) is 0 Å². The van der Waals surface area contributed by atoms with Crippen LogP contribution in [0.25, 0.3) is 0 Å². The minimum Gasteiger partial charge on any atom is -0.393 e. The van der Waals surface area contributed by atoms with Gasteiger partial charge in [-0.25, -0.2) is 0 Å². The highest BCUT2D eigenvalue weighted by Crippen LogP contribution is 2.41. The van der Waals surface area contributed by atoms with Crippen molar-refractivity contribution in [3.8, 4) is 0 Å². The Morgan fingerprint density at radius 1 is 1.36 bits per heavy atom. The highest BCUT2D eigenvalue weighted by Gasteiger charge is 2.52. The van der Waals surface area contributed by atoms with Crippen LogP contribution in [-0.4, -0.2) is 45.9 Å². The Bertz CT molecular complexity index is 211. The number of likely N-dealkylation sites (tertiary alicyclic amines) is 1. The molecule has 1 aliphatic heterocycles. The molecule has 84 valence electrons. The van der Waals surface area contributed by atoms with E-state index >= 15 is 0 Å². The molecule has 1 fully saturated rings. The van der Waals surface area contributed by atoms with E-state index in [1.165, 1.54) is 0 Å². The van der Waals surface area contributed by atoms with Crippen molar-refractivity contribution in [2.24, 2.45) is 5.92 Å². The van der Waals surface area contributed by atoms with E-state index in [2.05, 4.69) is 4.90 Å². The van der Waals surface area contributed by atoms with Gasteiger partial charge in [0.25, 0.3) is 0 Å². The molecule has 3 atom stereocenters. The number of piperidine rings is 1. The second-order valence-corrected chi connectivity index (χ2v) is 5.26. The van der Waals surface area contributed by atoms with Crippen molar-refractivity contribution >= 4 is 0 Å². The number of hydrogen-bond donors (Lipinski definition) is 2. The fraction of sp³-hybridized carbons (Fsp3) is 1.00. The SMILES string of the molecule is C[C@H](O)[C@H]1CCN(C)C(C)(C)[C@]1(C)O. The summed E-state index contributed by atoms with van der Waals surface area (Å²) in [5.74, 6) is -0.0336. The van der Waals surface area contributed by atoms with Gasteiger partial charge < -0.3 is 10.2 Å². The Kier molecular flexibility index (Phi) is 2.96. The predicted molar refractivity (Wildman–Crippen MR) is 57.1 cm³/mol. The molecule has 1 aliphatic rings. The van der Waals surface area contributed by atoms with Gasteiger partial charge in [-0.2, -0.15) is 0 Å². The summed E-state index contributed by atoms with van der Waals surface area (Å²) in [5.41, 5.74) is -1.12. The largest absolute Gasteiger partial charge is 0.393 e. The highest BCUT2D eigenvalue weighted by molar-refractivity contribution is 5.06. The topological polar surface area (TPSA) is 43.7 Å². The van der Waals surface area contributed by atoms with Crippen LogP contribution >= 0.6 is 0 Å². The monoisotopic (exact) mass is 201 g/mol. The Morgan fingerprint density at radius 3 is 2.29 bits per heavy atom. The first kappa shape index (κ1) is 12.0. The van der Waals surface area contributed by atoms with E-state index in [1.807, 2.05) is 27.8 Å². The summed E-state index contributed by atoms with van der Waals surface area (Å²) in [6, 6.07) is 0. The fourth-order valence-corrected chi connectivity index (χ4v) is 2.44. The predicted octanol–water partition coefficient (Wildman–Crippen LogP) is 0.848. The number of aliphatic hydroxyl groups excluding tert-OH is 1. The minimum atomic E-state index is -0.839. The standard InChI is InChI=1S/C11H23NO2/c1-8(13)9-6-7-12(5)10(2,3)11(9,4)14/h8-9,13-14H,6-7H2,1-5H3/t8-,9+,11+/m0/s1. The van der Waals surface area contributed by atoms with Gasteiger partial charge in [0.2, 0.25) is 0 Å². The zero-order valence-corrected chi connectivity index (χ0v) is 9.91. The summed E-state index contributed by atoms with van der Waals surface area (Å²) in [4.78, 5) is 2.16. The Hall–Kier alpha value is -0.120. The maximum absolute atomic E-state index is 10.5. The highest BCUT2D eigenvalue weighted by atomic mass is 16.3. The minimum absolute atomic E-state index is 0.0336. The quantitative estimate of drug-likeness (QED) is 0.661. The molecule has 0 aromatic rings. The lowest BCUT2D eigenvalue weighted by Crippen LogP contribution is -2.67. The first-order valence-corrected chi connectivity index (χ1v) is 5.33. The van der Waals surface area contributed by atoms with Crippen LogP contribution in [0.2, 0.25) is 0 Å². The van der Waals surface area contributed by atoms with Crippen LogP contribution in [0.1, 0.15) is 34.1 Å². The average Bonchev–Trinajstić information content (AvgIpc) is 2.00. The van der Waals surface area contributed by atoms with Gasteiger partial charge >= 0.3 is 0 Å². The van der Waals surface area contributed by atoms with Crippen molar-refractivity contribution in [3.05, 3.63) is 0 Å². The zero-order chi connectivity index (χ0) is 11.1. The molecule has 0 unspecified atom stereocenters. The second kappa shape index (κ2) is 3.47. The maximum atomic E-state index is 10.5. The summed E-state index contributed by atoms with van der Waals surface area (Å²) in [6.45, 7) is 8.59. The van der Waals surface area contributed by atoms with Gasteiger partial charge in [-0.05, 0) is 47.7 Å². The van der Waals surface area contributed by atoms with Crippen molar-refractivity contribution in [1.82, 2.24) is 4.90 Å². The van der Waals surface area contributed by atoms with Crippen molar-refractivity contribution in [2.75, 3.05) is 13.6 Å². The Morgan fingerprint density at radius 2 is 1.86 bits per heavy atom. The van der Waals surface area contributed by atoms with Gasteiger partial charge in [0.15, 0.2) is 0 Å². The molecule has 0 saturated carbocycles. The van der Waals surface area contributed by atoms with E-state index in [1.54, 1.807) is 6.92 Å². The average molecular weight is 201 g/mol. The third-order valence-corrected chi connectivity index (χ3v) is 4.27. The molecule has 0 aromatic heterocycles. The summed E-state index contributed by atoms with van der Waals surface area (Å²) in [7, 11) is 2.02. The lowest BCUT2D eigenvalue weighted by molar-refractivity contribution is -0.168. The van der Waals surface area contributed by atoms with Crippen LogP contribution < -0.4 is 0 Å². The van der Waals surface area contributed by atoms with Gasteiger partial charge in [0.1, 0.15) is 0 Å². The second-order valence-electron chi connectivity index (χ2n) is 5.26. The molecule has 0 radical (unpaired) electrons. The molecule has 1 rings (SSSR count). The van der Waals surface area contributed by atoms with Crippen molar-refractivity contribution in [2.45, 2.75) is 51.4 Å². The van der Waals surface area contributed by atoms with E-state index in [4.69, 9.17) is 0 Å². The van der Waals surface area contributed by atoms with Crippen LogP contribution in [0.3, 0.4) is 0 Å². The first-order valence-electron chi connectivity index (χ1n) is 5.33. The molecule has 0 aromatic carbocycles. The van der Waals surface area contributed by atoms with E-state index in [0.717, 1.165) is 13.0 Å². The normalized spacial score (nSPS) is 40.9. The molecule has 14 heavy (non-hydrogen) atoms. The smallest absolute Gasteiger partial charge is 0.0849 e. The zero-order valence-electron chi connectivity index (χ0n) is 9.91. The molecular formula is C11H23NO2. The van der Waals surface area contributed by atoms with Crippen molar-refractivity contribution in [3.63, 3.8) is 0 Å². The molecule has 0 aliphatic carbocycles. The molecule has 3 nitrogen and oxygen atoms in total. The number of nitrogens with zero attached hydrogens (tertiary/aromatic N) is 1. The number of rotatable bonds is 1. The van der Waals surface area contributed by atoms with E-state index < -0.39 is 11.7 Å². The molecular weight excluding hydrogens is 178 g/mol. The van der Waals surface area contributed by atoms with Gasteiger partial charge in [0.05, 0.1) is 11.7 Å². The molecule has 1 saturated heterocycles. The summed E-state index contributed by atoms with van der Waals surface area (Å²) >= 11 is 0. The first-order chi connectivity index (χ1) is 6.21. The number of aliphatic hydroxyl groups is 2. The molecule has 0 spiro atoms. The van der Waals surface area contributed by atoms with E-state index in [-0.39, 0.29) is 11.5 Å². The number of hydrogen-bond acceptors (Lipinski definition) is 3. The van der Waals surface area contributed by atoms with E-state index in [0.29, 0.717) is 0 Å². The lowest BCUT2D eigenvalue weighted by Gasteiger charge is -2.55. The third-order valence-electron chi connectivity index (χ3n) is 4.27. The Balaban J connectivity index is 2.97. The van der Waals surface area contributed by atoms with Crippen LogP contribution in [0.15, 0.2) is 0 Å². The van der Waals surface area contributed by atoms with Crippen LogP contribution in [0, 0.1) is 5.92 Å². The van der Waals surface area contributed by atoms with Crippen LogP contribution in [0.4, 0.5) is 0 Å². The van der Waals surface area contributed by atoms with Crippen molar-refractivity contribution < 1.29 is 10.2 Å². The molecule has 3 heteroatoms. The van der Waals surface area contributed by atoms with E-state index in [9.17, 15) is 10.2 Å². The molecule has 0 bridgehead atoms. The van der Waals surface area contributed by atoms with Crippen molar-refractivity contribution in [1.29, 1.82) is 0 Å². The molecule has 1 heterocycles. The molecule has 0 amide bonds. The summed E-state index contributed by atoms with van der Waals surface area (Å²) in [6.07, 6.45) is 0.405. The van der Waals surface area contributed by atoms with Crippen LogP contribution in [0.5, 0.6) is 0 Å². The van der Waals surface area contributed by atoms with Gasteiger partial charge in [-0.1, -0.05) is 0 Å². The maximum Gasteiger partial charge on any atom is 0.0849 e. The third kappa shape index (κ3) is 1.58. The summed E-state index contributed by atoms with van der Waals surface area (Å²) in [5, 5.41) is 20.2. The lowest BCUT2D eigenvalue weighted by atomic mass is 9.67. The Labute approximate surface area is 86.7 Å². The number of likely N-dealkylation sites (N-methyl/N-ethyl adjacent to an activating group) is 1. The summed E-state index contributed by atoms with van der Waals surface area (Å²) < 4.78 is 0. The van der Waals surface area contributed by atoms with Gasteiger partial charge in [-0.15, -0.1) is 0 Å². The van der Waals surface area contributed by atoms with Gasteiger partial charge in [0, 0.05) is 11.5 Å².